The number of halogens is 2. The third-order valence-corrected chi connectivity index (χ3v) is 4.37. The molecule has 0 spiro atoms. The molecule has 0 aliphatic heterocycles. The average Bonchev–Trinajstić information content (AvgIpc) is 2.23. The van der Waals surface area contributed by atoms with Crippen LogP contribution in [0.15, 0.2) is 16.6 Å². The summed E-state index contributed by atoms with van der Waals surface area (Å²) in [4.78, 5) is 0. The summed E-state index contributed by atoms with van der Waals surface area (Å²) in [5.74, 6) is -0.0958. The van der Waals surface area contributed by atoms with Crippen LogP contribution in [0.2, 0.25) is 5.02 Å². The lowest BCUT2D eigenvalue weighted by Gasteiger charge is -2.11. The number of sulfonamides is 1. The van der Waals surface area contributed by atoms with Crippen LogP contribution in [0, 0.1) is 6.92 Å². The second kappa shape index (κ2) is 6.04. The molecule has 0 saturated carbocycles. The molecule has 0 aliphatic rings. The Kier molecular flexibility index (Phi) is 5.24. The fourth-order valence-corrected chi connectivity index (χ4v) is 2.98. The summed E-state index contributed by atoms with van der Waals surface area (Å²) in [5, 5.41) is 0.512. The van der Waals surface area contributed by atoms with Gasteiger partial charge in [-0.3, -0.25) is 4.72 Å². The summed E-state index contributed by atoms with van der Waals surface area (Å²) < 4.78 is 31.1. The molecule has 0 amide bonds. The highest BCUT2D eigenvalue weighted by atomic mass is 79.9. The van der Waals surface area contributed by atoms with E-state index in [9.17, 15) is 8.42 Å². The van der Waals surface area contributed by atoms with Gasteiger partial charge in [-0.15, -0.1) is 0 Å². The first kappa shape index (κ1) is 14.8. The van der Waals surface area contributed by atoms with Crippen molar-refractivity contribution in [3.05, 3.63) is 27.2 Å². The van der Waals surface area contributed by atoms with E-state index in [0.29, 0.717) is 15.2 Å². The lowest BCUT2D eigenvalue weighted by atomic mass is 10.2. The van der Waals surface area contributed by atoms with E-state index in [0.717, 1.165) is 5.56 Å². The molecule has 0 heterocycles. The van der Waals surface area contributed by atoms with E-state index >= 15 is 0 Å². The van der Waals surface area contributed by atoms with Crippen LogP contribution in [0.3, 0.4) is 0 Å². The standard InChI is InChI=1S/C10H13BrClNO3S/c1-7-5-8(11)10(6-9(7)12)13-17(14,15)4-3-16-2/h5-6,13H,3-4H2,1-2H3. The van der Waals surface area contributed by atoms with E-state index in [1.54, 1.807) is 12.1 Å². The molecule has 1 aromatic carbocycles. The van der Waals surface area contributed by atoms with Gasteiger partial charge in [0.05, 0.1) is 18.0 Å². The Labute approximate surface area is 114 Å². The number of hydrogen-bond acceptors (Lipinski definition) is 3. The zero-order valence-corrected chi connectivity index (χ0v) is 12.6. The van der Waals surface area contributed by atoms with Crippen LogP contribution in [0.4, 0.5) is 5.69 Å². The largest absolute Gasteiger partial charge is 0.384 e. The van der Waals surface area contributed by atoms with Crippen molar-refractivity contribution in [2.45, 2.75) is 6.92 Å². The molecule has 0 fully saturated rings. The molecule has 1 N–H and O–H groups in total. The fourth-order valence-electron chi connectivity index (χ4n) is 1.14. The average molecular weight is 343 g/mol. The van der Waals surface area contributed by atoms with Crippen molar-refractivity contribution in [1.82, 2.24) is 0 Å². The van der Waals surface area contributed by atoms with Gasteiger partial charge in [-0.1, -0.05) is 11.6 Å². The Bertz CT molecular complexity index is 505. The van der Waals surface area contributed by atoms with Gasteiger partial charge in [0.1, 0.15) is 0 Å². The van der Waals surface area contributed by atoms with Crippen molar-refractivity contribution >= 4 is 43.2 Å². The first-order valence-corrected chi connectivity index (χ1v) is 7.63. The maximum atomic E-state index is 11.7. The smallest absolute Gasteiger partial charge is 0.235 e. The highest BCUT2D eigenvalue weighted by molar-refractivity contribution is 9.10. The third kappa shape index (κ3) is 4.46. The minimum absolute atomic E-state index is 0.0958. The molecule has 0 radical (unpaired) electrons. The number of ether oxygens (including phenoxy) is 1. The molecule has 0 aromatic heterocycles. The Hall–Kier alpha value is -0.300. The second-order valence-electron chi connectivity index (χ2n) is 3.49. The number of aryl methyl sites for hydroxylation is 1. The van der Waals surface area contributed by atoms with E-state index in [1.165, 1.54) is 7.11 Å². The van der Waals surface area contributed by atoms with Gasteiger partial charge in [-0.05, 0) is 40.5 Å². The number of hydrogen-bond donors (Lipinski definition) is 1. The summed E-state index contributed by atoms with van der Waals surface area (Å²) in [6.07, 6.45) is 0. The minimum Gasteiger partial charge on any atom is -0.384 e. The van der Waals surface area contributed by atoms with Crippen LogP contribution in [0.5, 0.6) is 0 Å². The van der Waals surface area contributed by atoms with Gasteiger partial charge in [-0.2, -0.15) is 0 Å². The molecular weight excluding hydrogens is 330 g/mol. The first-order valence-electron chi connectivity index (χ1n) is 4.81. The number of methoxy groups -OCH3 is 1. The summed E-state index contributed by atoms with van der Waals surface area (Å²) in [6, 6.07) is 3.34. The van der Waals surface area contributed by atoms with Crippen LogP contribution in [0.1, 0.15) is 5.56 Å². The van der Waals surface area contributed by atoms with Crippen molar-refractivity contribution in [2.24, 2.45) is 0 Å². The maximum absolute atomic E-state index is 11.7. The van der Waals surface area contributed by atoms with E-state index in [4.69, 9.17) is 16.3 Å². The zero-order valence-electron chi connectivity index (χ0n) is 9.46. The molecule has 17 heavy (non-hydrogen) atoms. The van der Waals surface area contributed by atoms with Crippen molar-refractivity contribution in [1.29, 1.82) is 0 Å². The quantitative estimate of drug-likeness (QED) is 0.895. The Morgan fingerprint density at radius 3 is 2.71 bits per heavy atom. The van der Waals surface area contributed by atoms with E-state index in [-0.39, 0.29) is 12.4 Å². The molecule has 4 nitrogen and oxygen atoms in total. The van der Waals surface area contributed by atoms with Crippen LogP contribution in [0.25, 0.3) is 0 Å². The van der Waals surface area contributed by atoms with Crippen LogP contribution >= 0.6 is 27.5 Å². The molecule has 0 bridgehead atoms. The molecule has 0 atom stereocenters. The Morgan fingerprint density at radius 2 is 2.12 bits per heavy atom. The lowest BCUT2D eigenvalue weighted by Crippen LogP contribution is -2.20. The van der Waals surface area contributed by atoms with Gasteiger partial charge in [0, 0.05) is 16.6 Å². The van der Waals surface area contributed by atoms with E-state index < -0.39 is 10.0 Å². The summed E-state index contributed by atoms with van der Waals surface area (Å²) >= 11 is 9.22. The van der Waals surface area contributed by atoms with Crippen molar-refractivity contribution in [3.63, 3.8) is 0 Å². The van der Waals surface area contributed by atoms with Crippen molar-refractivity contribution in [2.75, 3.05) is 24.2 Å². The summed E-state index contributed by atoms with van der Waals surface area (Å²) in [6.45, 7) is 1.99. The fraction of sp³-hybridized carbons (Fsp3) is 0.400. The van der Waals surface area contributed by atoms with E-state index in [2.05, 4.69) is 20.7 Å². The second-order valence-corrected chi connectivity index (χ2v) is 6.60. The maximum Gasteiger partial charge on any atom is 0.235 e. The molecule has 0 saturated heterocycles. The van der Waals surface area contributed by atoms with Gasteiger partial charge in [0.15, 0.2) is 0 Å². The zero-order chi connectivity index (χ0) is 13.1. The molecule has 0 unspecified atom stereocenters. The number of rotatable bonds is 5. The highest BCUT2D eigenvalue weighted by Gasteiger charge is 2.13. The Morgan fingerprint density at radius 1 is 1.47 bits per heavy atom. The molecule has 1 rings (SSSR count). The topological polar surface area (TPSA) is 55.4 Å². The van der Waals surface area contributed by atoms with Gasteiger partial charge < -0.3 is 4.74 Å². The molecule has 1 aromatic rings. The molecular formula is C10H13BrClNO3S. The van der Waals surface area contributed by atoms with Crippen LogP contribution in [-0.4, -0.2) is 27.9 Å². The monoisotopic (exact) mass is 341 g/mol. The number of benzene rings is 1. The predicted octanol–water partition coefficient (Wildman–Crippen LogP) is 2.80. The highest BCUT2D eigenvalue weighted by Crippen LogP contribution is 2.29. The van der Waals surface area contributed by atoms with Gasteiger partial charge in [0.2, 0.25) is 10.0 Å². The SMILES string of the molecule is COCCS(=O)(=O)Nc1cc(Cl)c(C)cc1Br. The summed E-state index contributed by atoms with van der Waals surface area (Å²) in [7, 11) is -1.96. The third-order valence-electron chi connectivity index (χ3n) is 2.07. The Balaban J connectivity index is 2.92. The van der Waals surface area contributed by atoms with Crippen LogP contribution in [-0.2, 0) is 14.8 Å². The van der Waals surface area contributed by atoms with E-state index in [1.807, 2.05) is 6.92 Å². The van der Waals surface area contributed by atoms with Gasteiger partial charge >= 0.3 is 0 Å². The molecule has 96 valence electrons. The lowest BCUT2D eigenvalue weighted by molar-refractivity contribution is 0.217. The number of nitrogens with one attached hydrogen (secondary N) is 1. The summed E-state index contributed by atoms with van der Waals surface area (Å²) in [5.41, 5.74) is 1.30. The minimum atomic E-state index is -3.41. The molecule has 7 heteroatoms. The predicted molar refractivity (Wildman–Crippen MR) is 73.2 cm³/mol. The normalized spacial score (nSPS) is 11.5. The first-order chi connectivity index (χ1) is 7.85. The molecule has 0 aliphatic carbocycles. The van der Waals surface area contributed by atoms with Crippen molar-refractivity contribution in [3.8, 4) is 0 Å². The van der Waals surface area contributed by atoms with Crippen molar-refractivity contribution < 1.29 is 13.2 Å². The van der Waals surface area contributed by atoms with Crippen LogP contribution < -0.4 is 4.72 Å². The number of anilines is 1. The van der Waals surface area contributed by atoms with Gasteiger partial charge in [0.25, 0.3) is 0 Å². The van der Waals surface area contributed by atoms with Gasteiger partial charge in [-0.25, -0.2) is 8.42 Å².